The first-order chi connectivity index (χ1) is 33.5. The van der Waals surface area contributed by atoms with E-state index in [9.17, 15) is 19.4 Å². The minimum absolute atomic E-state index is 0.0133. The van der Waals surface area contributed by atoms with Gasteiger partial charge in [0.05, 0.1) is 39.9 Å². The third-order valence-corrected chi connectivity index (χ3v) is 14.9. The highest BCUT2D eigenvalue weighted by atomic mass is 31.2. The van der Waals surface area contributed by atoms with Crippen LogP contribution < -0.4 is 10.2 Å². The molecular weight excluding hydrogens is 876 g/mol. The highest BCUT2D eigenvalue weighted by molar-refractivity contribution is 7.45. The molecule has 0 aromatic carbocycles. The van der Waals surface area contributed by atoms with Gasteiger partial charge in [-0.3, -0.25) is 9.36 Å². The molecule has 410 valence electrons. The van der Waals surface area contributed by atoms with Gasteiger partial charge >= 0.3 is 0 Å². The number of nitrogens with one attached hydrogen (secondary N) is 1. The molecule has 0 saturated heterocycles. The first kappa shape index (κ1) is 68.0. The minimum atomic E-state index is -4.57. The maximum atomic E-state index is 13.0. The van der Waals surface area contributed by atoms with Crippen molar-refractivity contribution < 1.29 is 32.9 Å². The number of phosphoric acid groups is 1. The van der Waals surface area contributed by atoms with Gasteiger partial charge < -0.3 is 28.8 Å². The quantitative estimate of drug-likeness (QED) is 0.0272. The molecule has 0 heterocycles. The summed E-state index contributed by atoms with van der Waals surface area (Å²) < 4.78 is 23.5. The summed E-state index contributed by atoms with van der Waals surface area (Å²) >= 11 is 0. The largest absolute Gasteiger partial charge is 0.756 e. The van der Waals surface area contributed by atoms with Gasteiger partial charge in [-0.25, -0.2) is 0 Å². The topological polar surface area (TPSA) is 108 Å². The van der Waals surface area contributed by atoms with Gasteiger partial charge in [0.1, 0.15) is 13.2 Å². The average molecular weight is 996 g/mol. The van der Waals surface area contributed by atoms with Crippen LogP contribution in [-0.2, 0) is 18.4 Å². The van der Waals surface area contributed by atoms with Crippen molar-refractivity contribution in [2.24, 2.45) is 0 Å². The molecule has 3 unspecified atom stereocenters. The van der Waals surface area contributed by atoms with Crippen molar-refractivity contribution in [3.63, 3.8) is 0 Å². The fraction of sp³-hybridized carbons (Fsp3) is 0.917. The summed E-state index contributed by atoms with van der Waals surface area (Å²) in [4.78, 5) is 25.6. The number of hydrogen-bond donors (Lipinski definition) is 2. The summed E-state index contributed by atoms with van der Waals surface area (Å²) in [6, 6.07) is -0.801. The Bertz CT molecular complexity index is 1170. The van der Waals surface area contributed by atoms with Crippen LogP contribution in [0.5, 0.6) is 0 Å². The van der Waals surface area contributed by atoms with Crippen molar-refractivity contribution in [3.8, 4) is 0 Å². The average Bonchev–Trinajstić information content (AvgIpc) is 3.31. The number of rotatable bonds is 56. The van der Waals surface area contributed by atoms with E-state index in [4.69, 9.17) is 9.05 Å². The summed E-state index contributed by atoms with van der Waals surface area (Å²) in [6.45, 7) is 4.75. The normalized spacial score (nSPS) is 14.0. The van der Waals surface area contributed by atoms with Crippen molar-refractivity contribution in [3.05, 3.63) is 24.3 Å². The second-order valence-electron chi connectivity index (χ2n) is 22.1. The number of allylic oxidation sites excluding steroid dienone is 4. The summed E-state index contributed by atoms with van der Waals surface area (Å²) in [6.07, 6.45) is 65.0. The van der Waals surface area contributed by atoms with Gasteiger partial charge in [-0.05, 0) is 44.9 Å². The number of carbonyl (C=O) groups is 1. The number of carbonyl (C=O) groups excluding carboxylic acids is 1. The van der Waals surface area contributed by atoms with E-state index in [-0.39, 0.29) is 19.1 Å². The molecule has 1 amide bonds. The lowest BCUT2D eigenvalue weighted by atomic mass is 10.0. The first-order valence-electron chi connectivity index (χ1n) is 30.2. The third kappa shape index (κ3) is 54.6. The lowest BCUT2D eigenvalue weighted by Gasteiger charge is -2.30. The lowest BCUT2D eigenvalue weighted by molar-refractivity contribution is -0.870. The molecule has 0 rings (SSSR count). The molecule has 8 nitrogen and oxygen atoms in total. The molecule has 0 spiro atoms. The van der Waals surface area contributed by atoms with Crippen LogP contribution in [0, 0.1) is 0 Å². The molecular formula is C60H119N2O6P. The number of phosphoric ester groups is 1. The Balaban J connectivity index is 4.13. The number of aliphatic hydroxyl groups is 1. The van der Waals surface area contributed by atoms with Gasteiger partial charge in [0, 0.05) is 6.42 Å². The minimum Gasteiger partial charge on any atom is -0.756 e. The molecule has 0 saturated carbocycles. The Morgan fingerprint density at radius 1 is 0.507 bits per heavy atom. The fourth-order valence-electron chi connectivity index (χ4n) is 9.19. The predicted octanol–water partition coefficient (Wildman–Crippen LogP) is 17.7. The van der Waals surface area contributed by atoms with Crippen LogP contribution in [0.2, 0.25) is 0 Å². The Kier molecular flexibility index (Phi) is 51.1. The lowest BCUT2D eigenvalue weighted by Crippen LogP contribution is -2.46. The van der Waals surface area contributed by atoms with E-state index in [2.05, 4.69) is 43.5 Å². The second kappa shape index (κ2) is 51.9. The molecule has 0 aromatic rings. The number of aliphatic hydroxyl groups excluding tert-OH is 1. The molecule has 0 fully saturated rings. The first-order valence-corrected chi connectivity index (χ1v) is 31.6. The zero-order valence-electron chi connectivity index (χ0n) is 46.8. The Labute approximate surface area is 430 Å². The van der Waals surface area contributed by atoms with E-state index in [1.807, 2.05) is 21.1 Å². The summed E-state index contributed by atoms with van der Waals surface area (Å²) in [5.41, 5.74) is 0. The maximum Gasteiger partial charge on any atom is 0.268 e. The number of nitrogens with zero attached hydrogens (tertiary/aromatic N) is 1. The number of hydrogen-bond acceptors (Lipinski definition) is 6. The molecule has 2 N–H and O–H groups in total. The van der Waals surface area contributed by atoms with Gasteiger partial charge in [0.25, 0.3) is 7.82 Å². The van der Waals surface area contributed by atoms with E-state index in [1.54, 1.807) is 0 Å². The Morgan fingerprint density at radius 3 is 1.20 bits per heavy atom. The SMILES string of the molecule is CCCCCCC/C=C\C/C=C\CCCCCCCCCCCCCC(=O)NC(COP(=O)([O-])OCC[N+](C)(C)C)C(O)CCCCCCCCCCCCCCCCCCCCCCCCCC. The fourth-order valence-corrected chi connectivity index (χ4v) is 9.91. The monoisotopic (exact) mass is 995 g/mol. The van der Waals surface area contributed by atoms with Crippen LogP contribution in [-0.4, -0.2) is 68.5 Å². The van der Waals surface area contributed by atoms with Crippen molar-refractivity contribution in [2.45, 2.75) is 315 Å². The van der Waals surface area contributed by atoms with E-state index < -0.39 is 20.0 Å². The van der Waals surface area contributed by atoms with Gasteiger partial charge in [0.15, 0.2) is 0 Å². The maximum absolute atomic E-state index is 13.0. The van der Waals surface area contributed by atoms with Crippen LogP contribution in [0.1, 0.15) is 303 Å². The third-order valence-electron chi connectivity index (χ3n) is 13.9. The molecule has 0 bridgehead atoms. The van der Waals surface area contributed by atoms with Crippen LogP contribution in [0.3, 0.4) is 0 Å². The number of quaternary nitrogens is 1. The van der Waals surface area contributed by atoms with Crippen molar-refractivity contribution in [2.75, 3.05) is 40.9 Å². The standard InChI is InChI=1S/C60H119N2O6P/c1-6-8-10-12-14-16-18-20-22-24-26-28-30-32-33-35-37-39-41-43-45-47-49-51-53-59(63)58(57-68-69(65,66)67-56-55-62(3,4)5)61-60(64)54-52-50-48-46-44-42-40-38-36-34-31-29-27-25-23-21-19-17-15-13-11-9-7-2/h19,21,25,27,58-59,63H,6-18,20,22-24,26,28-57H2,1-5H3,(H-,61,64,65,66)/b21-19-,27-25-. The van der Waals surface area contributed by atoms with Crippen LogP contribution in [0.4, 0.5) is 0 Å². The molecule has 0 aliphatic carbocycles. The highest BCUT2D eigenvalue weighted by Crippen LogP contribution is 2.38. The highest BCUT2D eigenvalue weighted by Gasteiger charge is 2.24. The van der Waals surface area contributed by atoms with E-state index >= 15 is 0 Å². The zero-order chi connectivity index (χ0) is 50.6. The molecule has 9 heteroatoms. The van der Waals surface area contributed by atoms with Gasteiger partial charge in [-0.15, -0.1) is 0 Å². The van der Waals surface area contributed by atoms with Crippen LogP contribution in [0.25, 0.3) is 0 Å². The number of likely N-dealkylation sites (N-methyl/N-ethyl adjacent to an activating group) is 1. The van der Waals surface area contributed by atoms with Crippen molar-refractivity contribution in [1.29, 1.82) is 0 Å². The van der Waals surface area contributed by atoms with E-state index in [1.165, 1.54) is 231 Å². The molecule has 0 aliphatic heterocycles. The number of amides is 1. The summed E-state index contributed by atoms with van der Waals surface area (Å²) in [5, 5.41) is 14.1. The van der Waals surface area contributed by atoms with Crippen LogP contribution >= 0.6 is 7.82 Å². The summed E-state index contributed by atoms with van der Waals surface area (Å²) in [7, 11) is 1.32. The zero-order valence-corrected chi connectivity index (χ0v) is 47.7. The second-order valence-corrected chi connectivity index (χ2v) is 23.5. The smallest absolute Gasteiger partial charge is 0.268 e. The van der Waals surface area contributed by atoms with Crippen LogP contribution in [0.15, 0.2) is 24.3 Å². The molecule has 69 heavy (non-hydrogen) atoms. The Morgan fingerprint density at radius 2 is 0.841 bits per heavy atom. The van der Waals surface area contributed by atoms with E-state index in [0.29, 0.717) is 23.9 Å². The van der Waals surface area contributed by atoms with Gasteiger partial charge in [-0.1, -0.05) is 276 Å². The van der Waals surface area contributed by atoms with Gasteiger partial charge in [0.2, 0.25) is 5.91 Å². The summed E-state index contributed by atoms with van der Waals surface area (Å²) in [5.74, 6) is -0.162. The molecule has 3 atom stereocenters. The molecule has 0 aliphatic rings. The number of unbranched alkanes of at least 4 members (excludes halogenated alkanes) is 39. The Hall–Kier alpha value is -1.02. The van der Waals surface area contributed by atoms with Crippen molar-refractivity contribution in [1.82, 2.24) is 5.32 Å². The van der Waals surface area contributed by atoms with Crippen molar-refractivity contribution >= 4 is 13.7 Å². The van der Waals surface area contributed by atoms with Gasteiger partial charge in [-0.2, -0.15) is 0 Å². The molecule has 0 aromatic heterocycles. The predicted molar refractivity (Wildman–Crippen MR) is 298 cm³/mol. The molecule has 0 radical (unpaired) electrons. The van der Waals surface area contributed by atoms with E-state index in [0.717, 1.165) is 44.9 Å².